The van der Waals surface area contributed by atoms with Crippen molar-refractivity contribution < 1.29 is 9.90 Å². The van der Waals surface area contributed by atoms with Crippen LogP contribution >= 0.6 is 0 Å². The maximum absolute atomic E-state index is 10.7. The van der Waals surface area contributed by atoms with E-state index in [9.17, 15) is 4.79 Å². The van der Waals surface area contributed by atoms with Crippen molar-refractivity contribution in [2.24, 2.45) is 10.2 Å². The van der Waals surface area contributed by atoms with Gasteiger partial charge in [0.2, 0.25) is 0 Å². The molecule has 0 unspecified atom stereocenters. The van der Waals surface area contributed by atoms with Crippen LogP contribution in [-0.4, -0.2) is 11.1 Å². The quantitative estimate of drug-likeness (QED) is 0.824. The minimum Gasteiger partial charge on any atom is -0.478 e. The summed E-state index contributed by atoms with van der Waals surface area (Å²) in [5, 5.41) is 16.9. The van der Waals surface area contributed by atoms with Gasteiger partial charge in [-0.3, -0.25) is 0 Å². The second-order valence-electron chi connectivity index (χ2n) is 4.07. The largest absolute Gasteiger partial charge is 0.478 e. The molecule has 0 radical (unpaired) electrons. The van der Waals surface area contributed by atoms with E-state index in [0.717, 1.165) is 12.1 Å². The molecule has 0 aromatic heterocycles. The Morgan fingerprint density at radius 3 is 1.84 bits per heavy atom. The fraction of sp³-hybridized carbons (Fsp3) is 0.133. The van der Waals surface area contributed by atoms with Crippen LogP contribution in [0.4, 0.5) is 11.4 Å². The second kappa shape index (κ2) is 5.91. The monoisotopic (exact) mass is 254 g/mol. The standard InChI is InChI=1S/C15H14N2O2/c1-2-11-3-7-13(8-4-11)16-17-14-9-5-12(6-10-14)15(18)19/h3-10H,2H2,1H3,(H,18,19). The van der Waals surface area contributed by atoms with Crippen molar-refractivity contribution in [3.63, 3.8) is 0 Å². The molecule has 1 N–H and O–H groups in total. The number of aromatic carboxylic acids is 1. The highest BCUT2D eigenvalue weighted by Gasteiger charge is 2.00. The van der Waals surface area contributed by atoms with Gasteiger partial charge in [0.05, 0.1) is 16.9 Å². The zero-order valence-electron chi connectivity index (χ0n) is 10.6. The Labute approximate surface area is 111 Å². The van der Waals surface area contributed by atoms with Crippen molar-refractivity contribution in [3.8, 4) is 0 Å². The van der Waals surface area contributed by atoms with Gasteiger partial charge in [0.25, 0.3) is 0 Å². The van der Waals surface area contributed by atoms with Crippen molar-refractivity contribution >= 4 is 17.3 Å². The van der Waals surface area contributed by atoms with Crippen LogP contribution in [0.15, 0.2) is 58.8 Å². The van der Waals surface area contributed by atoms with Gasteiger partial charge in [-0.05, 0) is 48.4 Å². The summed E-state index contributed by atoms with van der Waals surface area (Å²) in [5.41, 5.74) is 2.90. The predicted octanol–water partition coefficient (Wildman–Crippen LogP) is 4.36. The Kier molecular flexibility index (Phi) is 4.03. The van der Waals surface area contributed by atoms with Crippen LogP contribution in [0, 0.1) is 0 Å². The summed E-state index contributed by atoms with van der Waals surface area (Å²) in [6, 6.07) is 14.1. The summed E-state index contributed by atoms with van der Waals surface area (Å²) in [6.07, 6.45) is 0.994. The number of nitrogens with zero attached hydrogens (tertiary/aromatic N) is 2. The van der Waals surface area contributed by atoms with E-state index in [4.69, 9.17) is 5.11 Å². The molecule has 4 nitrogen and oxygen atoms in total. The van der Waals surface area contributed by atoms with Gasteiger partial charge in [-0.1, -0.05) is 19.1 Å². The third-order valence-corrected chi connectivity index (χ3v) is 2.74. The molecule has 2 rings (SSSR count). The average molecular weight is 254 g/mol. The summed E-state index contributed by atoms with van der Waals surface area (Å²) in [5.74, 6) is -0.946. The van der Waals surface area contributed by atoms with Gasteiger partial charge in [-0.2, -0.15) is 10.2 Å². The highest BCUT2D eigenvalue weighted by atomic mass is 16.4. The maximum atomic E-state index is 10.7. The Balaban J connectivity index is 2.10. The number of aryl methyl sites for hydroxylation is 1. The molecule has 0 saturated heterocycles. The SMILES string of the molecule is CCc1ccc(N=Nc2ccc(C(=O)O)cc2)cc1. The summed E-state index contributed by atoms with van der Waals surface area (Å²) >= 11 is 0. The maximum Gasteiger partial charge on any atom is 0.335 e. The molecule has 0 aliphatic heterocycles. The highest BCUT2D eigenvalue weighted by Crippen LogP contribution is 2.19. The topological polar surface area (TPSA) is 62.0 Å². The highest BCUT2D eigenvalue weighted by molar-refractivity contribution is 5.87. The number of carboxylic acids is 1. The van der Waals surface area contributed by atoms with Crippen molar-refractivity contribution in [2.45, 2.75) is 13.3 Å². The van der Waals surface area contributed by atoms with E-state index < -0.39 is 5.97 Å². The van der Waals surface area contributed by atoms with Crippen LogP contribution in [0.2, 0.25) is 0 Å². The summed E-state index contributed by atoms with van der Waals surface area (Å²) in [7, 11) is 0. The number of benzene rings is 2. The molecular formula is C15H14N2O2. The number of rotatable bonds is 4. The zero-order valence-corrected chi connectivity index (χ0v) is 10.6. The normalized spacial score (nSPS) is 10.8. The van der Waals surface area contributed by atoms with E-state index in [1.54, 1.807) is 12.1 Å². The molecule has 0 fully saturated rings. The lowest BCUT2D eigenvalue weighted by Crippen LogP contribution is -1.93. The first-order valence-corrected chi connectivity index (χ1v) is 6.03. The molecule has 0 atom stereocenters. The van der Waals surface area contributed by atoms with Gasteiger partial charge in [-0.25, -0.2) is 4.79 Å². The van der Waals surface area contributed by atoms with Crippen LogP contribution in [-0.2, 0) is 6.42 Å². The van der Waals surface area contributed by atoms with Crippen LogP contribution < -0.4 is 0 Å². The van der Waals surface area contributed by atoms with Gasteiger partial charge < -0.3 is 5.11 Å². The number of hydrogen-bond donors (Lipinski definition) is 1. The molecule has 2 aromatic rings. The molecule has 0 saturated carbocycles. The summed E-state index contributed by atoms with van der Waals surface area (Å²) < 4.78 is 0. The molecule has 0 amide bonds. The lowest BCUT2D eigenvalue weighted by atomic mass is 10.2. The number of carboxylic acid groups (broad SMARTS) is 1. The number of carbonyl (C=O) groups is 1. The van der Waals surface area contributed by atoms with Crippen LogP contribution in [0.25, 0.3) is 0 Å². The molecule has 0 aliphatic rings. The van der Waals surface area contributed by atoms with Crippen molar-refractivity contribution in [1.82, 2.24) is 0 Å². The Bertz CT molecular complexity index is 587. The lowest BCUT2D eigenvalue weighted by molar-refractivity contribution is 0.0697. The molecular weight excluding hydrogens is 240 g/mol. The summed E-state index contributed by atoms with van der Waals surface area (Å²) in [4.78, 5) is 10.7. The number of azo groups is 1. The summed E-state index contributed by atoms with van der Waals surface area (Å²) in [6.45, 7) is 2.10. The smallest absolute Gasteiger partial charge is 0.335 e. The first kappa shape index (κ1) is 13.0. The molecule has 96 valence electrons. The fourth-order valence-electron chi connectivity index (χ4n) is 1.58. The molecule has 19 heavy (non-hydrogen) atoms. The first-order chi connectivity index (χ1) is 9.19. The Hall–Kier alpha value is -2.49. The minimum absolute atomic E-state index is 0.242. The minimum atomic E-state index is -0.946. The van der Waals surface area contributed by atoms with E-state index in [1.807, 2.05) is 24.3 Å². The van der Waals surface area contributed by atoms with Crippen LogP contribution in [0.3, 0.4) is 0 Å². The number of hydrogen-bond acceptors (Lipinski definition) is 3. The van der Waals surface area contributed by atoms with Gasteiger partial charge in [-0.15, -0.1) is 0 Å². The van der Waals surface area contributed by atoms with Gasteiger partial charge >= 0.3 is 5.97 Å². The van der Waals surface area contributed by atoms with Gasteiger partial charge in [0.1, 0.15) is 0 Å². The second-order valence-corrected chi connectivity index (χ2v) is 4.07. The van der Waals surface area contributed by atoms with Gasteiger partial charge in [0, 0.05) is 0 Å². The fourth-order valence-corrected chi connectivity index (χ4v) is 1.58. The molecule has 0 heterocycles. The van der Waals surface area contributed by atoms with E-state index in [0.29, 0.717) is 5.69 Å². The molecule has 0 spiro atoms. The van der Waals surface area contributed by atoms with E-state index in [1.165, 1.54) is 17.7 Å². The zero-order chi connectivity index (χ0) is 13.7. The van der Waals surface area contributed by atoms with E-state index in [2.05, 4.69) is 17.2 Å². The van der Waals surface area contributed by atoms with Crippen LogP contribution in [0.1, 0.15) is 22.8 Å². The first-order valence-electron chi connectivity index (χ1n) is 6.03. The third kappa shape index (κ3) is 3.48. The predicted molar refractivity (Wildman–Crippen MR) is 73.4 cm³/mol. The molecule has 0 bridgehead atoms. The van der Waals surface area contributed by atoms with Gasteiger partial charge in [0.15, 0.2) is 0 Å². The molecule has 4 heteroatoms. The van der Waals surface area contributed by atoms with Crippen molar-refractivity contribution in [1.29, 1.82) is 0 Å². The molecule has 0 aliphatic carbocycles. The van der Waals surface area contributed by atoms with Crippen molar-refractivity contribution in [2.75, 3.05) is 0 Å². The third-order valence-electron chi connectivity index (χ3n) is 2.74. The lowest BCUT2D eigenvalue weighted by Gasteiger charge is -1.97. The van der Waals surface area contributed by atoms with E-state index in [-0.39, 0.29) is 5.56 Å². The average Bonchev–Trinajstić information content (AvgIpc) is 2.46. The van der Waals surface area contributed by atoms with Crippen molar-refractivity contribution in [3.05, 3.63) is 59.7 Å². The molecule has 2 aromatic carbocycles. The Morgan fingerprint density at radius 2 is 1.42 bits per heavy atom. The van der Waals surface area contributed by atoms with E-state index >= 15 is 0 Å². The van der Waals surface area contributed by atoms with Crippen LogP contribution in [0.5, 0.6) is 0 Å². The Morgan fingerprint density at radius 1 is 0.947 bits per heavy atom.